The van der Waals surface area contributed by atoms with Crippen LogP contribution >= 0.6 is 0 Å². The van der Waals surface area contributed by atoms with E-state index in [-0.39, 0.29) is 11.8 Å². The van der Waals surface area contributed by atoms with Gasteiger partial charge in [-0.15, -0.1) is 0 Å². The molecule has 0 unspecified atom stereocenters. The summed E-state index contributed by atoms with van der Waals surface area (Å²) in [5, 5.41) is 0. The fraction of sp³-hybridized carbons (Fsp3) is 0.619. The maximum absolute atomic E-state index is 12.9. The van der Waals surface area contributed by atoms with Gasteiger partial charge in [-0.25, -0.2) is 0 Å². The summed E-state index contributed by atoms with van der Waals surface area (Å²) in [6.07, 6.45) is 5.80. The highest BCUT2D eigenvalue weighted by molar-refractivity contribution is 5.95. The molecule has 2 aliphatic heterocycles. The fourth-order valence-electron chi connectivity index (χ4n) is 4.09. The summed E-state index contributed by atoms with van der Waals surface area (Å²) in [7, 11) is 3.15. The lowest BCUT2D eigenvalue weighted by Crippen LogP contribution is -2.40. The van der Waals surface area contributed by atoms with Crippen molar-refractivity contribution in [3.05, 3.63) is 23.8 Å². The first-order valence-corrected chi connectivity index (χ1v) is 9.91. The van der Waals surface area contributed by atoms with Crippen LogP contribution in [-0.2, 0) is 4.79 Å². The Labute approximate surface area is 161 Å². The normalized spacial score (nSPS) is 19.9. The van der Waals surface area contributed by atoms with Crippen molar-refractivity contribution in [2.45, 2.75) is 38.5 Å². The van der Waals surface area contributed by atoms with Crippen LogP contribution in [-0.4, -0.2) is 62.0 Å². The molecule has 2 amide bonds. The Morgan fingerprint density at radius 3 is 2.41 bits per heavy atom. The van der Waals surface area contributed by atoms with Gasteiger partial charge in [0.05, 0.1) is 14.2 Å². The minimum atomic E-state index is 0.0199. The Balaban J connectivity index is 1.57. The number of ether oxygens (including phenoxy) is 2. The summed E-state index contributed by atoms with van der Waals surface area (Å²) < 4.78 is 10.6. The number of piperidine rings is 1. The standard InChI is InChI=1S/C21H30N2O4/c1-26-18-9-8-17(14-19(18)27-2)21(25)23-13-5-6-16(15-23)7-10-20(24)22-11-3-4-12-22/h8-9,14,16H,3-7,10-13,15H2,1-2H3/t16-/m0/s1. The minimum absolute atomic E-state index is 0.0199. The van der Waals surface area contributed by atoms with Crippen molar-refractivity contribution < 1.29 is 19.1 Å². The van der Waals surface area contributed by atoms with Crippen molar-refractivity contribution in [3.63, 3.8) is 0 Å². The van der Waals surface area contributed by atoms with E-state index >= 15 is 0 Å². The molecule has 1 aromatic rings. The largest absolute Gasteiger partial charge is 0.493 e. The van der Waals surface area contributed by atoms with Gasteiger partial charge in [0.2, 0.25) is 5.91 Å². The first-order chi connectivity index (χ1) is 13.1. The average Bonchev–Trinajstić information content (AvgIpc) is 3.26. The van der Waals surface area contributed by atoms with Gasteiger partial charge in [0.1, 0.15) is 0 Å². The predicted octanol–water partition coefficient (Wildman–Crippen LogP) is 2.96. The van der Waals surface area contributed by atoms with Crippen LogP contribution in [0.1, 0.15) is 48.9 Å². The fourth-order valence-corrected chi connectivity index (χ4v) is 4.09. The number of likely N-dealkylation sites (tertiary alicyclic amines) is 2. The molecule has 0 aliphatic carbocycles. The van der Waals surface area contributed by atoms with Gasteiger partial charge in [0.25, 0.3) is 5.91 Å². The molecule has 0 saturated carbocycles. The maximum atomic E-state index is 12.9. The van der Waals surface area contributed by atoms with Crippen molar-refractivity contribution in [2.75, 3.05) is 40.4 Å². The highest BCUT2D eigenvalue weighted by Crippen LogP contribution is 2.29. The SMILES string of the molecule is COc1ccc(C(=O)N2CCC[C@@H](CCC(=O)N3CCCC3)C2)cc1OC. The molecule has 0 aromatic heterocycles. The second-order valence-electron chi connectivity index (χ2n) is 7.46. The van der Waals surface area contributed by atoms with E-state index in [0.717, 1.165) is 58.3 Å². The number of benzene rings is 1. The van der Waals surface area contributed by atoms with Gasteiger partial charge in [-0.2, -0.15) is 0 Å². The molecule has 3 rings (SSSR count). The molecule has 0 radical (unpaired) electrons. The Hall–Kier alpha value is -2.24. The zero-order valence-electron chi connectivity index (χ0n) is 16.4. The van der Waals surface area contributed by atoms with Crippen LogP contribution in [0.15, 0.2) is 18.2 Å². The van der Waals surface area contributed by atoms with Crippen molar-refractivity contribution >= 4 is 11.8 Å². The number of carbonyl (C=O) groups excluding carboxylic acids is 2. The average molecular weight is 374 g/mol. The van der Waals surface area contributed by atoms with Gasteiger partial charge in [-0.05, 0) is 56.2 Å². The number of rotatable bonds is 6. The molecular formula is C21H30N2O4. The highest BCUT2D eigenvalue weighted by atomic mass is 16.5. The quantitative estimate of drug-likeness (QED) is 0.768. The van der Waals surface area contributed by atoms with Crippen LogP contribution in [0.2, 0.25) is 0 Å². The number of hydrogen-bond donors (Lipinski definition) is 0. The molecule has 0 N–H and O–H groups in total. The number of nitrogens with zero attached hydrogens (tertiary/aromatic N) is 2. The molecule has 2 fully saturated rings. The van der Waals surface area contributed by atoms with Crippen molar-refractivity contribution in [3.8, 4) is 11.5 Å². The number of amides is 2. The van der Waals surface area contributed by atoms with Crippen molar-refractivity contribution in [2.24, 2.45) is 5.92 Å². The van der Waals surface area contributed by atoms with Crippen LogP contribution in [0.25, 0.3) is 0 Å². The first-order valence-electron chi connectivity index (χ1n) is 9.91. The van der Waals surface area contributed by atoms with Crippen molar-refractivity contribution in [1.82, 2.24) is 9.80 Å². The second-order valence-corrected chi connectivity index (χ2v) is 7.46. The Bertz CT molecular complexity index is 670. The molecule has 0 bridgehead atoms. The third kappa shape index (κ3) is 4.73. The van der Waals surface area contributed by atoms with E-state index in [9.17, 15) is 9.59 Å². The molecule has 27 heavy (non-hydrogen) atoms. The molecule has 0 spiro atoms. The van der Waals surface area contributed by atoms with E-state index in [0.29, 0.717) is 29.4 Å². The number of carbonyl (C=O) groups is 2. The van der Waals surface area contributed by atoms with Crippen LogP contribution in [0, 0.1) is 5.92 Å². The van der Waals surface area contributed by atoms with Gasteiger partial charge in [0, 0.05) is 38.2 Å². The first kappa shape index (κ1) is 19.5. The van der Waals surface area contributed by atoms with Gasteiger partial charge < -0.3 is 19.3 Å². The zero-order chi connectivity index (χ0) is 19.2. The van der Waals surface area contributed by atoms with Gasteiger partial charge in [-0.3, -0.25) is 9.59 Å². The highest BCUT2D eigenvalue weighted by Gasteiger charge is 2.26. The van der Waals surface area contributed by atoms with Crippen LogP contribution in [0.4, 0.5) is 0 Å². The second kappa shape index (κ2) is 9.11. The maximum Gasteiger partial charge on any atom is 0.254 e. The van der Waals surface area contributed by atoms with Gasteiger partial charge >= 0.3 is 0 Å². The molecule has 1 aromatic carbocycles. The molecular weight excluding hydrogens is 344 g/mol. The summed E-state index contributed by atoms with van der Waals surface area (Å²) in [5.74, 6) is 1.87. The lowest BCUT2D eigenvalue weighted by Gasteiger charge is -2.33. The molecule has 6 heteroatoms. The third-order valence-electron chi connectivity index (χ3n) is 5.66. The lowest BCUT2D eigenvalue weighted by molar-refractivity contribution is -0.130. The smallest absolute Gasteiger partial charge is 0.254 e. The minimum Gasteiger partial charge on any atom is -0.493 e. The van der Waals surface area contributed by atoms with Gasteiger partial charge in [-0.1, -0.05) is 0 Å². The van der Waals surface area contributed by atoms with Crippen LogP contribution in [0.3, 0.4) is 0 Å². The summed E-state index contributed by atoms with van der Waals surface area (Å²) >= 11 is 0. The van der Waals surface area contributed by atoms with E-state index in [1.54, 1.807) is 32.4 Å². The topological polar surface area (TPSA) is 59.1 Å². The molecule has 2 heterocycles. The van der Waals surface area contributed by atoms with Crippen molar-refractivity contribution in [1.29, 1.82) is 0 Å². The monoisotopic (exact) mass is 374 g/mol. The van der Waals surface area contributed by atoms with Crippen LogP contribution < -0.4 is 9.47 Å². The van der Waals surface area contributed by atoms with Crippen LogP contribution in [0.5, 0.6) is 11.5 Å². The Kier molecular flexibility index (Phi) is 6.58. The Morgan fingerprint density at radius 1 is 1.00 bits per heavy atom. The Morgan fingerprint density at radius 2 is 1.70 bits per heavy atom. The molecule has 6 nitrogen and oxygen atoms in total. The third-order valence-corrected chi connectivity index (χ3v) is 5.66. The summed E-state index contributed by atoms with van der Waals surface area (Å²) in [4.78, 5) is 29.1. The van der Waals surface area contributed by atoms with Gasteiger partial charge in [0.15, 0.2) is 11.5 Å². The summed E-state index contributed by atoms with van der Waals surface area (Å²) in [6.45, 7) is 3.31. The van der Waals surface area contributed by atoms with E-state index in [4.69, 9.17) is 9.47 Å². The lowest BCUT2D eigenvalue weighted by atomic mass is 9.92. The number of methoxy groups -OCH3 is 2. The van der Waals surface area contributed by atoms with E-state index in [1.807, 2.05) is 9.80 Å². The summed E-state index contributed by atoms with van der Waals surface area (Å²) in [6, 6.07) is 5.29. The molecule has 148 valence electrons. The molecule has 1 atom stereocenters. The zero-order valence-corrected chi connectivity index (χ0v) is 16.4. The molecule has 2 saturated heterocycles. The van der Waals surface area contributed by atoms with E-state index in [1.165, 1.54) is 0 Å². The van der Waals surface area contributed by atoms with E-state index in [2.05, 4.69) is 0 Å². The summed E-state index contributed by atoms with van der Waals surface area (Å²) in [5.41, 5.74) is 0.612. The molecule has 2 aliphatic rings. The van der Waals surface area contributed by atoms with E-state index < -0.39 is 0 Å². The number of hydrogen-bond acceptors (Lipinski definition) is 4. The predicted molar refractivity (Wildman–Crippen MR) is 103 cm³/mol.